The quantitative estimate of drug-likeness (QED) is 0.665. The molecule has 0 bridgehead atoms. The number of amides is 1. The topological polar surface area (TPSA) is 62.1 Å². The molecule has 1 unspecified atom stereocenters. The van der Waals surface area contributed by atoms with E-state index in [1.54, 1.807) is 23.1 Å². The second kappa shape index (κ2) is 7.49. The maximum absolute atomic E-state index is 12.8. The van der Waals surface area contributed by atoms with E-state index in [1.165, 1.54) is 5.56 Å². The van der Waals surface area contributed by atoms with Gasteiger partial charge in [-0.15, -0.1) is 0 Å². The summed E-state index contributed by atoms with van der Waals surface area (Å²) in [7, 11) is 0. The zero-order valence-electron chi connectivity index (χ0n) is 13.8. The molecule has 0 spiro atoms. The number of fused-ring (bicyclic) bond motifs is 3. The fourth-order valence-electron chi connectivity index (χ4n) is 3.44. The standard InChI is InChI=1S/C19H17Cl2N3O.ClH/c20-12-3-1-2-11(8-12)18(22)19(25)24-7-6-14-15-9-13(21)4-5-16(15)23-17(14)10-24;/h1-5,8-9,18,23H,6-7,10,22H2;1H/p-1. The van der Waals surface area contributed by atoms with Crippen LogP contribution in [0.5, 0.6) is 0 Å². The van der Waals surface area contributed by atoms with E-state index in [0.29, 0.717) is 18.1 Å². The number of aromatic amines is 1. The molecule has 7 heteroatoms. The monoisotopic (exact) mass is 408 g/mol. The van der Waals surface area contributed by atoms with Gasteiger partial charge < -0.3 is 28.0 Å². The van der Waals surface area contributed by atoms with Crippen molar-refractivity contribution in [3.63, 3.8) is 0 Å². The van der Waals surface area contributed by atoms with E-state index in [0.717, 1.165) is 33.6 Å². The van der Waals surface area contributed by atoms with Crippen LogP contribution >= 0.6 is 23.2 Å². The van der Waals surface area contributed by atoms with Crippen molar-refractivity contribution in [3.05, 3.63) is 69.3 Å². The number of benzene rings is 2. The van der Waals surface area contributed by atoms with Gasteiger partial charge in [-0.05, 0) is 47.9 Å². The summed E-state index contributed by atoms with van der Waals surface area (Å²) in [5.41, 5.74) is 10.2. The van der Waals surface area contributed by atoms with Crippen molar-refractivity contribution < 1.29 is 17.2 Å². The van der Waals surface area contributed by atoms with Crippen molar-refractivity contribution >= 4 is 40.0 Å². The molecule has 0 saturated heterocycles. The number of nitrogens with two attached hydrogens (primary N) is 1. The number of carbonyl (C=O) groups excluding carboxylic acids is 1. The van der Waals surface area contributed by atoms with Crippen molar-refractivity contribution in [3.8, 4) is 0 Å². The van der Waals surface area contributed by atoms with Gasteiger partial charge in [0.25, 0.3) is 0 Å². The largest absolute Gasteiger partial charge is 1.00 e. The average Bonchev–Trinajstić information content (AvgIpc) is 2.97. The molecule has 2 aromatic carbocycles. The molecular weight excluding hydrogens is 393 g/mol. The van der Waals surface area contributed by atoms with Crippen LogP contribution in [0.3, 0.4) is 0 Å². The third-order valence-electron chi connectivity index (χ3n) is 4.72. The van der Waals surface area contributed by atoms with Crippen molar-refractivity contribution in [1.82, 2.24) is 9.88 Å². The van der Waals surface area contributed by atoms with Crippen LogP contribution in [0.2, 0.25) is 10.0 Å². The minimum atomic E-state index is -0.709. The van der Waals surface area contributed by atoms with Gasteiger partial charge in [-0.3, -0.25) is 4.79 Å². The third kappa shape index (κ3) is 3.42. The molecule has 4 rings (SSSR count). The van der Waals surface area contributed by atoms with E-state index in [4.69, 9.17) is 28.9 Å². The summed E-state index contributed by atoms with van der Waals surface area (Å²) in [5.74, 6) is -0.0930. The van der Waals surface area contributed by atoms with Crippen LogP contribution in [0.25, 0.3) is 10.9 Å². The SMILES string of the molecule is NC(C(=O)N1CCc2c([nH]c3ccc(Cl)cc23)C1)c1cccc(Cl)c1.[Cl-]. The summed E-state index contributed by atoms with van der Waals surface area (Å²) in [4.78, 5) is 18.0. The fourth-order valence-corrected chi connectivity index (χ4v) is 3.81. The Kier molecular flexibility index (Phi) is 5.49. The van der Waals surface area contributed by atoms with Crippen LogP contribution in [0.15, 0.2) is 42.5 Å². The number of hydrogen-bond donors (Lipinski definition) is 2. The first-order valence-corrected chi connectivity index (χ1v) is 8.87. The molecule has 3 aromatic rings. The molecule has 1 aliphatic rings. The third-order valence-corrected chi connectivity index (χ3v) is 5.19. The number of aromatic nitrogens is 1. The normalized spacial score (nSPS) is 14.7. The predicted molar refractivity (Wildman–Crippen MR) is 101 cm³/mol. The molecular formula is C19H17Cl3N3O-. The van der Waals surface area contributed by atoms with Crippen molar-refractivity contribution in [2.24, 2.45) is 5.73 Å². The number of hydrogen-bond acceptors (Lipinski definition) is 2. The Bertz CT molecular complexity index is 970. The summed E-state index contributed by atoms with van der Waals surface area (Å²) in [6, 6.07) is 12.2. The Morgan fingerprint density at radius 1 is 1.15 bits per heavy atom. The zero-order chi connectivity index (χ0) is 17.6. The number of nitrogens with zero attached hydrogens (tertiary/aromatic N) is 1. The Hall–Kier alpha value is -1.72. The number of rotatable bonds is 2. The maximum Gasteiger partial charge on any atom is 0.244 e. The number of H-pyrrole nitrogens is 1. The van der Waals surface area contributed by atoms with E-state index >= 15 is 0 Å². The van der Waals surface area contributed by atoms with E-state index < -0.39 is 6.04 Å². The Labute approximate surface area is 167 Å². The van der Waals surface area contributed by atoms with Gasteiger partial charge in [-0.1, -0.05) is 35.3 Å². The summed E-state index contributed by atoms with van der Waals surface area (Å²) in [5, 5.41) is 2.43. The highest BCUT2D eigenvalue weighted by molar-refractivity contribution is 6.31. The van der Waals surface area contributed by atoms with Crippen molar-refractivity contribution in [1.29, 1.82) is 0 Å². The van der Waals surface area contributed by atoms with Crippen LogP contribution in [0, 0.1) is 0 Å². The Balaban J connectivity index is 0.00000196. The number of halogens is 3. The zero-order valence-corrected chi connectivity index (χ0v) is 16.1. The highest BCUT2D eigenvalue weighted by Crippen LogP contribution is 2.30. The van der Waals surface area contributed by atoms with Crippen LogP contribution in [-0.4, -0.2) is 22.3 Å². The average molecular weight is 410 g/mol. The van der Waals surface area contributed by atoms with Gasteiger partial charge in [0.15, 0.2) is 0 Å². The van der Waals surface area contributed by atoms with E-state index in [-0.39, 0.29) is 18.3 Å². The van der Waals surface area contributed by atoms with Gasteiger partial charge in [0.05, 0.1) is 6.54 Å². The van der Waals surface area contributed by atoms with E-state index in [9.17, 15) is 4.79 Å². The molecule has 0 fully saturated rings. The summed E-state index contributed by atoms with van der Waals surface area (Å²) in [6.45, 7) is 1.16. The minimum absolute atomic E-state index is 0. The van der Waals surface area contributed by atoms with E-state index in [1.807, 2.05) is 24.3 Å². The molecule has 2 heterocycles. The number of carbonyl (C=O) groups is 1. The molecule has 1 aromatic heterocycles. The fraction of sp³-hybridized carbons (Fsp3) is 0.211. The Morgan fingerprint density at radius 2 is 1.92 bits per heavy atom. The predicted octanol–water partition coefficient (Wildman–Crippen LogP) is 1.06. The lowest BCUT2D eigenvalue weighted by atomic mass is 10.0. The van der Waals surface area contributed by atoms with Crippen molar-refractivity contribution in [2.45, 2.75) is 19.0 Å². The van der Waals surface area contributed by atoms with Gasteiger partial charge in [-0.25, -0.2) is 0 Å². The first-order valence-electron chi connectivity index (χ1n) is 8.12. The summed E-state index contributed by atoms with van der Waals surface area (Å²) < 4.78 is 0. The molecule has 136 valence electrons. The van der Waals surface area contributed by atoms with Gasteiger partial charge in [0, 0.05) is 33.2 Å². The first-order chi connectivity index (χ1) is 12.0. The van der Waals surface area contributed by atoms with Crippen LogP contribution in [0.1, 0.15) is 22.9 Å². The molecule has 1 atom stereocenters. The summed E-state index contributed by atoms with van der Waals surface area (Å²) >= 11 is 12.1. The molecule has 26 heavy (non-hydrogen) atoms. The van der Waals surface area contributed by atoms with Gasteiger partial charge in [0.2, 0.25) is 5.91 Å². The number of nitrogens with one attached hydrogen (secondary N) is 1. The molecule has 1 amide bonds. The minimum Gasteiger partial charge on any atom is -1.00 e. The van der Waals surface area contributed by atoms with Crippen LogP contribution in [-0.2, 0) is 17.8 Å². The van der Waals surface area contributed by atoms with Gasteiger partial charge in [-0.2, -0.15) is 0 Å². The summed E-state index contributed by atoms with van der Waals surface area (Å²) in [6.07, 6.45) is 0.781. The van der Waals surface area contributed by atoms with Crippen LogP contribution in [0.4, 0.5) is 0 Å². The lowest BCUT2D eigenvalue weighted by Gasteiger charge is -2.29. The molecule has 0 saturated carbocycles. The Morgan fingerprint density at radius 3 is 2.69 bits per heavy atom. The highest BCUT2D eigenvalue weighted by Gasteiger charge is 2.28. The second-order valence-electron chi connectivity index (χ2n) is 6.31. The smallest absolute Gasteiger partial charge is 0.244 e. The first kappa shape index (κ1) is 19.1. The molecule has 0 radical (unpaired) electrons. The second-order valence-corrected chi connectivity index (χ2v) is 7.19. The van der Waals surface area contributed by atoms with Crippen LogP contribution < -0.4 is 18.1 Å². The van der Waals surface area contributed by atoms with Gasteiger partial charge in [0.1, 0.15) is 6.04 Å². The van der Waals surface area contributed by atoms with E-state index in [2.05, 4.69) is 4.98 Å². The molecule has 4 nitrogen and oxygen atoms in total. The molecule has 0 aliphatic carbocycles. The maximum atomic E-state index is 12.8. The highest BCUT2D eigenvalue weighted by atomic mass is 35.5. The lowest BCUT2D eigenvalue weighted by molar-refractivity contribution is -0.133. The lowest BCUT2D eigenvalue weighted by Crippen LogP contribution is -3.00. The van der Waals surface area contributed by atoms with Crippen molar-refractivity contribution in [2.75, 3.05) is 6.54 Å². The molecule has 3 N–H and O–H groups in total. The van der Waals surface area contributed by atoms with Gasteiger partial charge >= 0.3 is 0 Å². The molecule has 1 aliphatic heterocycles.